The van der Waals surface area contributed by atoms with Gasteiger partial charge < -0.3 is 4.74 Å². The molecule has 2 rings (SSSR count). The Morgan fingerprint density at radius 1 is 1.23 bits per heavy atom. The molecule has 1 unspecified atom stereocenters. The van der Waals surface area contributed by atoms with E-state index in [1.807, 2.05) is 24.3 Å². The lowest BCUT2D eigenvalue weighted by Crippen LogP contribution is -1.99. The third-order valence-electron chi connectivity index (χ3n) is 1.85. The van der Waals surface area contributed by atoms with Crippen LogP contribution in [0.15, 0.2) is 40.9 Å². The number of esters is 1. The van der Waals surface area contributed by atoms with Crippen LogP contribution in [0.4, 0.5) is 0 Å². The van der Waals surface area contributed by atoms with Crippen molar-refractivity contribution in [1.82, 2.24) is 0 Å². The first-order valence-corrected chi connectivity index (χ1v) is 4.69. The first kappa shape index (κ1) is 8.51. The standard InChI is InChI=1S/C10H7BrO2/c11-8-3-1-7(2-4-8)9-5-6-10(12)13-9/h1-6,9H. The maximum absolute atomic E-state index is 10.8. The number of hydrogen-bond acceptors (Lipinski definition) is 2. The van der Waals surface area contributed by atoms with Gasteiger partial charge in [-0.1, -0.05) is 28.1 Å². The van der Waals surface area contributed by atoms with Crippen molar-refractivity contribution in [3.8, 4) is 0 Å². The predicted molar refractivity (Wildman–Crippen MR) is 52.1 cm³/mol. The molecular weight excluding hydrogens is 232 g/mol. The summed E-state index contributed by atoms with van der Waals surface area (Å²) in [4.78, 5) is 10.8. The number of carbonyl (C=O) groups excluding carboxylic acids is 1. The second-order valence-corrected chi connectivity index (χ2v) is 3.68. The van der Waals surface area contributed by atoms with Crippen LogP contribution in [-0.4, -0.2) is 5.97 Å². The summed E-state index contributed by atoms with van der Waals surface area (Å²) in [7, 11) is 0. The SMILES string of the molecule is O=C1C=CC(c2ccc(Br)cc2)O1. The summed E-state index contributed by atoms with van der Waals surface area (Å²) in [6.07, 6.45) is 3.00. The minimum atomic E-state index is -0.270. The molecule has 13 heavy (non-hydrogen) atoms. The van der Waals surface area contributed by atoms with Crippen LogP contribution in [0.2, 0.25) is 0 Å². The summed E-state index contributed by atoms with van der Waals surface area (Å²) in [6, 6.07) is 7.71. The minimum absolute atomic E-state index is 0.208. The molecule has 1 aliphatic heterocycles. The van der Waals surface area contributed by atoms with E-state index in [0.29, 0.717) is 0 Å². The van der Waals surface area contributed by atoms with Crippen molar-refractivity contribution >= 4 is 21.9 Å². The van der Waals surface area contributed by atoms with Crippen molar-refractivity contribution in [2.45, 2.75) is 6.10 Å². The van der Waals surface area contributed by atoms with Crippen LogP contribution in [0.1, 0.15) is 11.7 Å². The van der Waals surface area contributed by atoms with Gasteiger partial charge in [-0.25, -0.2) is 4.79 Å². The smallest absolute Gasteiger partial charge is 0.331 e. The normalized spacial score (nSPS) is 20.4. The van der Waals surface area contributed by atoms with Gasteiger partial charge in [-0.15, -0.1) is 0 Å². The van der Waals surface area contributed by atoms with E-state index in [4.69, 9.17) is 4.74 Å². The average molecular weight is 239 g/mol. The highest BCUT2D eigenvalue weighted by molar-refractivity contribution is 9.10. The molecule has 1 aliphatic rings. The summed E-state index contributed by atoms with van der Waals surface area (Å²) in [5.74, 6) is -0.270. The van der Waals surface area contributed by atoms with E-state index in [2.05, 4.69) is 15.9 Å². The van der Waals surface area contributed by atoms with Gasteiger partial charge in [0.2, 0.25) is 0 Å². The van der Waals surface area contributed by atoms with Gasteiger partial charge in [-0.2, -0.15) is 0 Å². The molecule has 0 saturated heterocycles. The second-order valence-electron chi connectivity index (χ2n) is 2.77. The maximum Gasteiger partial charge on any atom is 0.331 e. The van der Waals surface area contributed by atoms with E-state index in [1.165, 1.54) is 6.08 Å². The zero-order chi connectivity index (χ0) is 9.26. The van der Waals surface area contributed by atoms with Crippen LogP contribution in [0, 0.1) is 0 Å². The van der Waals surface area contributed by atoms with Crippen LogP contribution in [-0.2, 0) is 9.53 Å². The third-order valence-corrected chi connectivity index (χ3v) is 2.38. The third kappa shape index (κ3) is 1.80. The molecule has 0 saturated carbocycles. The van der Waals surface area contributed by atoms with Crippen LogP contribution < -0.4 is 0 Å². The Bertz CT molecular complexity index is 354. The lowest BCUT2D eigenvalue weighted by atomic mass is 10.1. The Hall–Kier alpha value is -1.09. The van der Waals surface area contributed by atoms with Gasteiger partial charge in [0.25, 0.3) is 0 Å². The number of rotatable bonds is 1. The molecule has 0 aromatic heterocycles. The summed E-state index contributed by atoms with van der Waals surface area (Å²) in [5.41, 5.74) is 0.991. The van der Waals surface area contributed by atoms with Gasteiger partial charge in [-0.3, -0.25) is 0 Å². The average Bonchev–Trinajstić information content (AvgIpc) is 2.53. The van der Waals surface area contributed by atoms with E-state index in [1.54, 1.807) is 6.08 Å². The molecule has 0 fully saturated rings. The maximum atomic E-state index is 10.8. The zero-order valence-electron chi connectivity index (χ0n) is 6.74. The Morgan fingerprint density at radius 2 is 1.92 bits per heavy atom. The van der Waals surface area contributed by atoms with Gasteiger partial charge >= 0.3 is 5.97 Å². The van der Waals surface area contributed by atoms with Crippen LogP contribution in [0.3, 0.4) is 0 Å². The monoisotopic (exact) mass is 238 g/mol. The van der Waals surface area contributed by atoms with E-state index in [-0.39, 0.29) is 12.1 Å². The Labute approximate surface area is 84.3 Å². The first-order chi connectivity index (χ1) is 6.25. The largest absolute Gasteiger partial charge is 0.450 e. The van der Waals surface area contributed by atoms with Crippen molar-refractivity contribution in [3.63, 3.8) is 0 Å². The van der Waals surface area contributed by atoms with Crippen molar-refractivity contribution in [2.75, 3.05) is 0 Å². The zero-order valence-corrected chi connectivity index (χ0v) is 8.32. The molecule has 0 N–H and O–H groups in total. The molecule has 1 atom stereocenters. The van der Waals surface area contributed by atoms with Gasteiger partial charge in [0.15, 0.2) is 0 Å². The number of carbonyl (C=O) groups is 1. The topological polar surface area (TPSA) is 26.3 Å². The second kappa shape index (κ2) is 3.34. The van der Waals surface area contributed by atoms with Crippen molar-refractivity contribution in [2.24, 2.45) is 0 Å². The molecule has 66 valence electrons. The highest BCUT2D eigenvalue weighted by Gasteiger charge is 2.17. The van der Waals surface area contributed by atoms with Crippen LogP contribution in [0.25, 0.3) is 0 Å². The van der Waals surface area contributed by atoms with Gasteiger partial charge in [-0.05, 0) is 23.8 Å². The molecule has 2 nitrogen and oxygen atoms in total. The molecule has 0 spiro atoms. The first-order valence-electron chi connectivity index (χ1n) is 3.90. The molecule has 0 amide bonds. The molecule has 1 aromatic carbocycles. The molecule has 1 aromatic rings. The predicted octanol–water partition coefficient (Wildman–Crippen LogP) is 2.60. The summed E-state index contributed by atoms with van der Waals surface area (Å²) in [6.45, 7) is 0. The Morgan fingerprint density at radius 3 is 2.46 bits per heavy atom. The fourth-order valence-corrected chi connectivity index (χ4v) is 1.47. The number of halogens is 1. The Balaban J connectivity index is 2.22. The summed E-state index contributed by atoms with van der Waals surface area (Å²) >= 11 is 3.34. The number of cyclic esters (lactones) is 1. The molecule has 0 radical (unpaired) electrons. The molecule has 0 bridgehead atoms. The summed E-state index contributed by atoms with van der Waals surface area (Å²) in [5, 5.41) is 0. The Kier molecular flexibility index (Phi) is 2.19. The van der Waals surface area contributed by atoms with Crippen molar-refractivity contribution in [1.29, 1.82) is 0 Å². The molecule has 0 aliphatic carbocycles. The highest BCUT2D eigenvalue weighted by Crippen LogP contribution is 2.24. The van der Waals surface area contributed by atoms with E-state index in [9.17, 15) is 4.79 Å². The van der Waals surface area contributed by atoms with E-state index >= 15 is 0 Å². The van der Waals surface area contributed by atoms with E-state index < -0.39 is 0 Å². The number of benzene rings is 1. The summed E-state index contributed by atoms with van der Waals surface area (Å²) < 4.78 is 6.04. The van der Waals surface area contributed by atoms with Crippen molar-refractivity contribution < 1.29 is 9.53 Å². The lowest BCUT2D eigenvalue weighted by molar-refractivity contribution is -0.138. The molecule has 1 heterocycles. The molecule has 3 heteroatoms. The number of ether oxygens (including phenoxy) is 1. The highest BCUT2D eigenvalue weighted by atomic mass is 79.9. The fourth-order valence-electron chi connectivity index (χ4n) is 1.20. The quantitative estimate of drug-likeness (QED) is 0.704. The number of hydrogen-bond donors (Lipinski definition) is 0. The molecular formula is C10H7BrO2. The van der Waals surface area contributed by atoms with Crippen molar-refractivity contribution in [3.05, 3.63) is 46.5 Å². The van der Waals surface area contributed by atoms with Gasteiger partial charge in [0, 0.05) is 10.5 Å². The minimum Gasteiger partial charge on any atom is -0.450 e. The van der Waals surface area contributed by atoms with Crippen LogP contribution in [0.5, 0.6) is 0 Å². The fraction of sp³-hybridized carbons (Fsp3) is 0.100. The van der Waals surface area contributed by atoms with Crippen LogP contribution >= 0.6 is 15.9 Å². The van der Waals surface area contributed by atoms with E-state index in [0.717, 1.165) is 10.0 Å². The van der Waals surface area contributed by atoms with Gasteiger partial charge in [0.1, 0.15) is 6.10 Å². The lowest BCUT2D eigenvalue weighted by Gasteiger charge is -2.07. The van der Waals surface area contributed by atoms with Gasteiger partial charge in [0.05, 0.1) is 0 Å².